The first kappa shape index (κ1) is 24.1. The molecule has 10 heteroatoms. The van der Waals surface area contributed by atoms with Crippen LogP contribution in [0.1, 0.15) is 31.8 Å². The molecule has 0 aliphatic carbocycles. The molecule has 0 aliphatic rings. The number of carboxylic acids is 2. The second-order valence-corrected chi connectivity index (χ2v) is 7.77. The Hall–Kier alpha value is -4.08. The smallest absolute Gasteiger partial charge is 0.411 e. The number of carboxylic acid groups (broad SMARTS) is 2. The van der Waals surface area contributed by atoms with Gasteiger partial charge < -0.3 is 10.2 Å². The summed E-state index contributed by atoms with van der Waals surface area (Å²) in [4.78, 5) is 23.2. The van der Waals surface area contributed by atoms with Crippen LogP contribution in [0.4, 0.5) is 26.3 Å². The lowest BCUT2D eigenvalue weighted by Crippen LogP contribution is -2.55. The molecule has 4 rings (SSSR count). The summed E-state index contributed by atoms with van der Waals surface area (Å²) in [6.45, 7) is 0. The zero-order valence-corrected chi connectivity index (χ0v) is 17.4. The van der Waals surface area contributed by atoms with Crippen molar-refractivity contribution in [2.24, 2.45) is 0 Å². The van der Waals surface area contributed by atoms with Gasteiger partial charge in [-0.15, -0.1) is 0 Å². The summed E-state index contributed by atoms with van der Waals surface area (Å²) >= 11 is 0. The highest BCUT2D eigenvalue weighted by atomic mass is 19.4. The third kappa shape index (κ3) is 3.48. The standard InChI is InChI=1S/C25H14F6O4/c26-24(27,28)23(25(29,30)31,19-11-9-17(21(32)33)13-5-1-3-7-15(13)19)20-12-10-18(22(34)35)14-6-2-4-8-16(14)20/h1-12H,(H,32,33)(H,34,35). The van der Waals surface area contributed by atoms with Crippen molar-refractivity contribution in [3.05, 3.63) is 95.1 Å². The van der Waals surface area contributed by atoms with E-state index in [1.54, 1.807) is 0 Å². The lowest BCUT2D eigenvalue weighted by Gasteiger charge is -2.39. The predicted molar refractivity (Wildman–Crippen MR) is 115 cm³/mol. The van der Waals surface area contributed by atoms with Gasteiger partial charge in [-0.3, -0.25) is 0 Å². The van der Waals surface area contributed by atoms with Crippen LogP contribution in [-0.2, 0) is 5.41 Å². The van der Waals surface area contributed by atoms with E-state index in [1.165, 1.54) is 24.3 Å². The number of hydrogen-bond acceptors (Lipinski definition) is 2. The molecule has 2 N–H and O–H groups in total. The number of carbonyl (C=O) groups is 2. The Bertz CT molecular complexity index is 1370. The SMILES string of the molecule is O=C(O)c1ccc(C(c2ccc(C(=O)O)c3ccccc23)(C(F)(F)F)C(F)(F)F)c2ccccc12. The van der Waals surface area contributed by atoms with Crippen LogP contribution in [0.3, 0.4) is 0 Å². The van der Waals surface area contributed by atoms with E-state index in [0.717, 1.165) is 24.3 Å². The quantitative estimate of drug-likeness (QED) is 0.307. The van der Waals surface area contributed by atoms with Gasteiger partial charge in [0, 0.05) is 0 Å². The maximum Gasteiger partial charge on any atom is 0.411 e. The molecule has 0 fully saturated rings. The minimum absolute atomic E-state index is 0.304. The van der Waals surface area contributed by atoms with E-state index in [2.05, 4.69) is 0 Å². The highest BCUT2D eigenvalue weighted by Gasteiger charge is 2.73. The van der Waals surface area contributed by atoms with Crippen molar-refractivity contribution in [3.8, 4) is 0 Å². The minimum atomic E-state index is -5.95. The van der Waals surface area contributed by atoms with E-state index in [4.69, 9.17) is 0 Å². The molecule has 0 spiro atoms. The Morgan fingerprint density at radius 2 is 0.829 bits per heavy atom. The van der Waals surface area contributed by atoms with Crippen molar-refractivity contribution in [2.45, 2.75) is 17.8 Å². The third-order valence-electron chi connectivity index (χ3n) is 5.97. The van der Waals surface area contributed by atoms with Crippen molar-refractivity contribution in [3.63, 3.8) is 0 Å². The van der Waals surface area contributed by atoms with Crippen molar-refractivity contribution < 1.29 is 46.1 Å². The fourth-order valence-corrected chi connectivity index (χ4v) is 4.54. The van der Waals surface area contributed by atoms with Crippen molar-refractivity contribution in [1.29, 1.82) is 0 Å². The summed E-state index contributed by atoms with van der Waals surface area (Å²) in [6, 6.07) is 11.7. The van der Waals surface area contributed by atoms with E-state index < -0.39 is 62.7 Å². The minimum Gasteiger partial charge on any atom is -0.478 e. The largest absolute Gasteiger partial charge is 0.478 e. The van der Waals surface area contributed by atoms with Gasteiger partial charge in [-0.2, -0.15) is 26.3 Å². The molecule has 0 aliphatic heterocycles. The number of aromatic carboxylic acids is 2. The molecule has 4 nitrogen and oxygen atoms in total. The van der Waals surface area contributed by atoms with Gasteiger partial charge in [0.25, 0.3) is 0 Å². The van der Waals surface area contributed by atoms with Crippen LogP contribution in [0.25, 0.3) is 21.5 Å². The number of benzene rings is 4. The monoisotopic (exact) mass is 492 g/mol. The zero-order chi connectivity index (χ0) is 25.8. The molecule has 0 saturated heterocycles. The molecule has 0 unspecified atom stereocenters. The molecule has 0 bridgehead atoms. The maximum atomic E-state index is 14.9. The normalized spacial score (nSPS) is 12.7. The molecule has 0 amide bonds. The number of alkyl halides is 6. The third-order valence-corrected chi connectivity index (χ3v) is 5.97. The maximum absolute atomic E-state index is 14.9. The fraction of sp³-hybridized carbons (Fsp3) is 0.120. The average Bonchev–Trinajstić information content (AvgIpc) is 2.77. The highest BCUT2D eigenvalue weighted by molar-refractivity contribution is 6.07. The lowest BCUT2D eigenvalue weighted by atomic mass is 9.69. The lowest BCUT2D eigenvalue weighted by molar-refractivity contribution is -0.287. The van der Waals surface area contributed by atoms with Crippen LogP contribution in [0, 0.1) is 0 Å². The molecule has 0 atom stereocenters. The molecule has 0 saturated carbocycles. The van der Waals surface area contributed by atoms with Crippen molar-refractivity contribution >= 4 is 33.5 Å². The van der Waals surface area contributed by atoms with Gasteiger partial charge in [0.1, 0.15) is 0 Å². The first-order valence-corrected chi connectivity index (χ1v) is 9.97. The van der Waals surface area contributed by atoms with Crippen LogP contribution in [0.15, 0.2) is 72.8 Å². The summed E-state index contributed by atoms with van der Waals surface area (Å²) in [5, 5.41) is 17.2. The van der Waals surface area contributed by atoms with E-state index >= 15 is 0 Å². The number of fused-ring (bicyclic) bond motifs is 2. The van der Waals surface area contributed by atoms with Crippen LogP contribution < -0.4 is 0 Å². The Labute approximate surface area is 193 Å². The molecule has 35 heavy (non-hydrogen) atoms. The molecule has 0 aromatic heterocycles. The molecule has 0 radical (unpaired) electrons. The van der Waals surface area contributed by atoms with Gasteiger partial charge in [-0.1, -0.05) is 60.7 Å². The van der Waals surface area contributed by atoms with Crippen LogP contribution in [-0.4, -0.2) is 34.5 Å². The van der Waals surface area contributed by atoms with Gasteiger partial charge in [0.15, 0.2) is 0 Å². The average molecular weight is 492 g/mol. The van der Waals surface area contributed by atoms with E-state index in [0.29, 0.717) is 24.3 Å². The molecular weight excluding hydrogens is 478 g/mol. The fourth-order valence-electron chi connectivity index (χ4n) is 4.54. The van der Waals surface area contributed by atoms with E-state index in [9.17, 15) is 46.1 Å². The number of halogens is 6. The molecule has 4 aromatic carbocycles. The van der Waals surface area contributed by atoms with E-state index in [1.807, 2.05) is 0 Å². The van der Waals surface area contributed by atoms with Crippen molar-refractivity contribution in [2.75, 3.05) is 0 Å². The highest BCUT2D eigenvalue weighted by Crippen LogP contribution is 2.59. The Morgan fingerprint density at radius 3 is 1.11 bits per heavy atom. The molecule has 4 aromatic rings. The van der Waals surface area contributed by atoms with Crippen LogP contribution >= 0.6 is 0 Å². The van der Waals surface area contributed by atoms with Gasteiger partial charge >= 0.3 is 24.3 Å². The Kier molecular flexibility index (Phi) is 5.50. The van der Waals surface area contributed by atoms with Gasteiger partial charge in [-0.05, 0) is 44.8 Å². The summed E-state index contributed by atoms with van der Waals surface area (Å²) in [5.41, 5.74) is -7.96. The number of rotatable bonds is 4. The first-order valence-electron chi connectivity index (χ1n) is 9.97. The van der Waals surface area contributed by atoms with Crippen LogP contribution in [0.2, 0.25) is 0 Å². The molecule has 0 heterocycles. The second kappa shape index (κ2) is 8.00. The first-order chi connectivity index (χ1) is 16.3. The Balaban J connectivity index is 2.28. The van der Waals surface area contributed by atoms with Gasteiger partial charge in [0.2, 0.25) is 5.41 Å². The summed E-state index contributed by atoms with van der Waals surface area (Å²) in [6.07, 6.45) is -11.9. The number of hydrogen-bond donors (Lipinski definition) is 2. The summed E-state index contributed by atoms with van der Waals surface area (Å²) < 4.78 is 89.2. The summed E-state index contributed by atoms with van der Waals surface area (Å²) in [5.74, 6) is -3.04. The Morgan fingerprint density at radius 1 is 0.514 bits per heavy atom. The predicted octanol–water partition coefficient (Wildman–Crippen LogP) is 6.80. The van der Waals surface area contributed by atoms with Gasteiger partial charge in [0.05, 0.1) is 11.1 Å². The molecular formula is C25H14F6O4. The second-order valence-electron chi connectivity index (χ2n) is 7.77. The van der Waals surface area contributed by atoms with Crippen LogP contribution in [0.5, 0.6) is 0 Å². The molecule has 180 valence electrons. The van der Waals surface area contributed by atoms with E-state index in [-0.39, 0.29) is 10.8 Å². The topological polar surface area (TPSA) is 74.6 Å². The van der Waals surface area contributed by atoms with Gasteiger partial charge in [-0.25, -0.2) is 9.59 Å². The van der Waals surface area contributed by atoms with Crippen molar-refractivity contribution in [1.82, 2.24) is 0 Å². The zero-order valence-electron chi connectivity index (χ0n) is 17.4. The summed E-state index contributed by atoms with van der Waals surface area (Å²) in [7, 11) is 0.